The van der Waals surface area contributed by atoms with Crippen molar-refractivity contribution >= 4 is 17.4 Å². The van der Waals surface area contributed by atoms with Crippen molar-refractivity contribution in [3.8, 4) is 0 Å². The van der Waals surface area contributed by atoms with E-state index in [0.29, 0.717) is 17.8 Å². The van der Waals surface area contributed by atoms with Crippen LogP contribution in [-0.4, -0.2) is 18.9 Å². The van der Waals surface area contributed by atoms with Gasteiger partial charge in [0.1, 0.15) is 0 Å². The first-order valence-electron chi connectivity index (χ1n) is 7.88. The van der Waals surface area contributed by atoms with Crippen molar-refractivity contribution in [2.75, 3.05) is 12.4 Å². The van der Waals surface area contributed by atoms with Crippen molar-refractivity contribution in [2.24, 2.45) is 0 Å². The summed E-state index contributed by atoms with van der Waals surface area (Å²) in [5, 5.41) is 3.30. The normalized spacial score (nSPS) is 10.4. The first-order valence-corrected chi connectivity index (χ1v) is 7.88. The second kappa shape index (κ2) is 7.30. The highest BCUT2D eigenvalue weighted by Gasteiger charge is 2.15. The van der Waals surface area contributed by atoms with E-state index in [0.717, 1.165) is 27.8 Å². The van der Waals surface area contributed by atoms with Crippen LogP contribution >= 0.6 is 0 Å². The molecule has 0 heterocycles. The molecule has 4 nitrogen and oxygen atoms in total. The van der Waals surface area contributed by atoms with Crippen LogP contribution in [0.4, 0.5) is 5.69 Å². The van der Waals surface area contributed by atoms with Gasteiger partial charge in [0.15, 0.2) is 5.78 Å². The number of para-hydroxylation sites is 1. The Morgan fingerprint density at radius 1 is 1.08 bits per heavy atom. The molecule has 0 bridgehead atoms. The minimum atomic E-state index is -0.375. The Bertz CT molecular complexity index is 794. The minimum Gasteiger partial charge on any atom is -0.465 e. The average Bonchev–Trinajstić information content (AvgIpc) is 2.53. The van der Waals surface area contributed by atoms with Crippen molar-refractivity contribution in [1.82, 2.24) is 0 Å². The number of aryl methyl sites for hydroxylation is 2. The van der Waals surface area contributed by atoms with Gasteiger partial charge in [-0.05, 0) is 62.1 Å². The van der Waals surface area contributed by atoms with Crippen molar-refractivity contribution in [2.45, 2.75) is 34.2 Å². The Labute approximate surface area is 142 Å². The molecule has 2 aromatic rings. The summed E-state index contributed by atoms with van der Waals surface area (Å²) in [5.41, 5.74) is 6.17. The zero-order valence-corrected chi connectivity index (χ0v) is 14.8. The van der Waals surface area contributed by atoms with Crippen molar-refractivity contribution in [3.05, 3.63) is 63.7 Å². The third-order valence-electron chi connectivity index (χ3n) is 4.27. The van der Waals surface area contributed by atoms with E-state index in [4.69, 9.17) is 4.74 Å². The molecule has 0 spiro atoms. The third-order valence-corrected chi connectivity index (χ3v) is 4.27. The van der Waals surface area contributed by atoms with Gasteiger partial charge < -0.3 is 10.1 Å². The molecule has 0 radical (unpaired) electrons. The molecule has 0 unspecified atom stereocenters. The second-order valence-corrected chi connectivity index (χ2v) is 5.94. The molecule has 2 aromatic carbocycles. The van der Waals surface area contributed by atoms with Crippen LogP contribution in [0, 0.1) is 20.8 Å². The summed E-state index contributed by atoms with van der Waals surface area (Å²) in [4.78, 5) is 23.8. The van der Waals surface area contributed by atoms with E-state index in [1.807, 2.05) is 39.0 Å². The summed E-state index contributed by atoms with van der Waals surface area (Å²) in [5.74, 6) is -0.305. The van der Waals surface area contributed by atoms with Crippen LogP contribution in [0.2, 0.25) is 0 Å². The number of carbonyl (C=O) groups is 2. The lowest BCUT2D eigenvalue weighted by molar-refractivity contribution is 0.0601. The van der Waals surface area contributed by atoms with E-state index in [9.17, 15) is 9.59 Å². The largest absolute Gasteiger partial charge is 0.465 e. The van der Waals surface area contributed by atoms with Crippen LogP contribution in [0.25, 0.3) is 0 Å². The summed E-state index contributed by atoms with van der Waals surface area (Å²) >= 11 is 0. The molecular weight excluding hydrogens is 302 g/mol. The number of rotatable bonds is 5. The zero-order valence-electron chi connectivity index (χ0n) is 14.8. The van der Waals surface area contributed by atoms with Crippen LogP contribution in [0.5, 0.6) is 0 Å². The summed E-state index contributed by atoms with van der Waals surface area (Å²) in [6, 6.07) is 9.27. The highest BCUT2D eigenvalue weighted by Crippen LogP contribution is 2.25. The molecule has 0 fully saturated rings. The maximum atomic E-state index is 11.9. The summed E-state index contributed by atoms with van der Waals surface area (Å²) in [6.45, 7) is 8.09. The van der Waals surface area contributed by atoms with E-state index in [2.05, 4.69) is 5.32 Å². The van der Waals surface area contributed by atoms with Gasteiger partial charge in [-0.2, -0.15) is 0 Å². The number of anilines is 1. The number of esters is 1. The topological polar surface area (TPSA) is 55.4 Å². The molecule has 2 rings (SSSR count). The molecule has 1 N–H and O–H groups in total. The van der Waals surface area contributed by atoms with Gasteiger partial charge in [-0.15, -0.1) is 0 Å². The first-order chi connectivity index (χ1) is 11.4. The highest BCUT2D eigenvalue weighted by atomic mass is 16.5. The maximum absolute atomic E-state index is 11.9. The predicted molar refractivity (Wildman–Crippen MR) is 95.8 cm³/mol. The molecule has 4 heteroatoms. The van der Waals surface area contributed by atoms with Crippen LogP contribution in [0.1, 0.15) is 49.9 Å². The average molecular weight is 325 g/mol. The van der Waals surface area contributed by atoms with E-state index in [1.165, 1.54) is 7.11 Å². The minimum absolute atomic E-state index is 0.0706. The molecule has 0 atom stereocenters. The number of ether oxygens (including phenoxy) is 1. The maximum Gasteiger partial charge on any atom is 0.339 e. The fraction of sp³-hybridized carbons (Fsp3) is 0.300. The predicted octanol–water partition coefficient (Wildman–Crippen LogP) is 4.21. The van der Waals surface area contributed by atoms with Crippen LogP contribution < -0.4 is 5.32 Å². The zero-order chi connectivity index (χ0) is 17.9. The van der Waals surface area contributed by atoms with E-state index in [1.54, 1.807) is 19.1 Å². The number of carbonyl (C=O) groups excluding carboxylic acids is 2. The van der Waals surface area contributed by atoms with Crippen LogP contribution in [0.15, 0.2) is 30.3 Å². The van der Waals surface area contributed by atoms with Gasteiger partial charge in [-0.25, -0.2) is 4.79 Å². The standard InChI is InChI=1S/C20H23NO3/c1-12-10-13(2)19(15(4)22)14(3)17(12)11-21-18-9-7-6-8-16(18)20(23)24-5/h6-10,21H,11H2,1-5H3. The fourth-order valence-electron chi connectivity index (χ4n) is 3.15. The van der Waals surface area contributed by atoms with Gasteiger partial charge in [0.25, 0.3) is 0 Å². The SMILES string of the molecule is COC(=O)c1ccccc1NCc1c(C)cc(C)c(C(C)=O)c1C. The number of hydrogen-bond acceptors (Lipinski definition) is 4. The van der Waals surface area contributed by atoms with Gasteiger partial charge in [0, 0.05) is 17.8 Å². The number of methoxy groups -OCH3 is 1. The Morgan fingerprint density at radius 2 is 1.75 bits per heavy atom. The molecule has 24 heavy (non-hydrogen) atoms. The van der Waals surface area contributed by atoms with Gasteiger partial charge in [0.2, 0.25) is 0 Å². The molecule has 0 aromatic heterocycles. The van der Waals surface area contributed by atoms with E-state index in [-0.39, 0.29) is 11.8 Å². The van der Waals surface area contributed by atoms with Crippen LogP contribution in [-0.2, 0) is 11.3 Å². The third kappa shape index (κ3) is 3.48. The number of ketones is 1. The first kappa shape index (κ1) is 17.7. The number of nitrogens with one attached hydrogen (secondary N) is 1. The quantitative estimate of drug-likeness (QED) is 0.661. The number of benzene rings is 2. The molecule has 0 amide bonds. The molecule has 0 aliphatic rings. The lowest BCUT2D eigenvalue weighted by Gasteiger charge is -2.18. The van der Waals surface area contributed by atoms with Crippen LogP contribution in [0.3, 0.4) is 0 Å². The Hall–Kier alpha value is -2.62. The molecule has 126 valence electrons. The number of Topliss-reactive ketones (excluding diaryl/α,β-unsaturated/α-hetero) is 1. The van der Waals surface area contributed by atoms with Gasteiger partial charge in [-0.3, -0.25) is 4.79 Å². The number of hydrogen-bond donors (Lipinski definition) is 1. The molecule has 0 saturated heterocycles. The Kier molecular flexibility index (Phi) is 5.39. The highest BCUT2D eigenvalue weighted by molar-refractivity contribution is 5.97. The van der Waals surface area contributed by atoms with E-state index < -0.39 is 0 Å². The summed E-state index contributed by atoms with van der Waals surface area (Å²) in [6.07, 6.45) is 0. The lowest BCUT2D eigenvalue weighted by atomic mass is 9.91. The summed E-state index contributed by atoms with van der Waals surface area (Å²) < 4.78 is 4.82. The summed E-state index contributed by atoms with van der Waals surface area (Å²) in [7, 11) is 1.37. The van der Waals surface area contributed by atoms with Crippen molar-refractivity contribution in [3.63, 3.8) is 0 Å². The van der Waals surface area contributed by atoms with Gasteiger partial charge >= 0.3 is 5.97 Å². The Morgan fingerprint density at radius 3 is 2.38 bits per heavy atom. The van der Waals surface area contributed by atoms with E-state index >= 15 is 0 Å². The van der Waals surface area contributed by atoms with Crippen molar-refractivity contribution in [1.29, 1.82) is 0 Å². The fourth-order valence-corrected chi connectivity index (χ4v) is 3.15. The lowest BCUT2D eigenvalue weighted by Crippen LogP contribution is -2.12. The Balaban J connectivity index is 2.36. The molecule has 0 aliphatic heterocycles. The molecule has 0 aliphatic carbocycles. The molecular formula is C20H23NO3. The molecule has 0 saturated carbocycles. The smallest absolute Gasteiger partial charge is 0.339 e. The van der Waals surface area contributed by atoms with Gasteiger partial charge in [-0.1, -0.05) is 18.2 Å². The second-order valence-electron chi connectivity index (χ2n) is 5.94. The van der Waals surface area contributed by atoms with Crippen molar-refractivity contribution < 1.29 is 14.3 Å². The van der Waals surface area contributed by atoms with Gasteiger partial charge in [0.05, 0.1) is 12.7 Å². The monoisotopic (exact) mass is 325 g/mol.